The monoisotopic (exact) mass is 310 g/mol. The molecule has 2 fully saturated rings. The summed E-state index contributed by atoms with van der Waals surface area (Å²) in [5.41, 5.74) is 0. The van der Waals surface area contributed by atoms with Gasteiger partial charge in [-0.1, -0.05) is 32.3 Å². The lowest BCUT2D eigenvalue weighted by molar-refractivity contribution is -0.133. The minimum absolute atomic E-state index is 0.115. The van der Waals surface area contributed by atoms with Gasteiger partial charge in [-0.3, -0.25) is 4.79 Å². The molecule has 0 unspecified atom stereocenters. The number of thiophene rings is 1. The van der Waals surface area contributed by atoms with Crippen molar-refractivity contribution in [3.63, 3.8) is 0 Å². The Morgan fingerprint density at radius 1 is 1.26 bits per heavy atom. The van der Waals surface area contributed by atoms with Crippen LogP contribution in [0.25, 0.3) is 0 Å². The fraction of sp³-hybridized carbons (Fsp3) is 0.615. The van der Waals surface area contributed by atoms with Gasteiger partial charge in [0.2, 0.25) is 5.91 Å². The number of hydrogen-bond donors (Lipinski definition) is 1. The Hall–Kier alpha value is -0.436. The zero-order chi connectivity index (χ0) is 13.8. The van der Waals surface area contributed by atoms with Crippen LogP contribution < -0.4 is 5.32 Å². The van der Waals surface area contributed by atoms with E-state index in [1.807, 2.05) is 0 Å². The first-order valence-electron chi connectivity index (χ1n) is 6.96. The molecule has 2 saturated heterocycles. The van der Waals surface area contributed by atoms with Gasteiger partial charge in [0.25, 0.3) is 0 Å². The first kappa shape index (κ1) is 13.5. The van der Waals surface area contributed by atoms with E-state index in [4.69, 9.17) is 0 Å². The van der Waals surface area contributed by atoms with Gasteiger partial charge in [-0.2, -0.15) is 0 Å². The average molecular weight is 311 g/mol. The second-order valence-corrected chi connectivity index (χ2v) is 17.6. The van der Waals surface area contributed by atoms with Crippen molar-refractivity contribution in [3.8, 4) is 0 Å². The van der Waals surface area contributed by atoms with E-state index < -0.39 is 16.5 Å². The number of β-lactam (4-membered cyclic amide) rings is 1. The molecule has 19 heavy (non-hydrogen) atoms. The maximum absolute atomic E-state index is 12.2. The van der Waals surface area contributed by atoms with E-state index in [0.29, 0.717) is 0 Å². The van der Waals surface area contributed by atoms with Crippen LogP contribution in [0, 0.1) is 0 Å². The van der Waals surface area contributed by atoms with Crippen molar-refractivity contribution in [2.45, 2.75) is 50.4 Å². The van der Waals surface area contributed by atoms with Gasteiger partial charge in [0.1, 0.15) is 22.5 Å². The van der Waals surface area contributed by atoms with Crippen molar-refractivity contribution in [1.29, 1.82) is 0 Å². The number of amides is 1. The van der Waals surface area contributed by atoms with Crippen molar-refractivity contribution in [3.05, 3.63) is 22.4 Å². The summed E-state index contributed by atoms with van der Waals surface area (Å²) in [5, 5.41) is 5.23. The van der Waals surface area contributed by atoms with Gasteiger partial charge >= 0.3 is 0 Å². The van der Waals surface area contributed by atoms with Crippen molar-refractivity contribution >= 4 is 33.7 Å². The normalized spacial score (nSPS) is 32.9. The summed E-state index contributed by atoms with van der Waals surface area (Å²) < 4.78 is 2.73. The number of carbonyl (C=O) groups excluding carboxylic acids is 1. The van der Waals surface area contributed by atoms with Gasteiger partial charge in [0, 0.05) is 4.88 Å². The fourth-order valence-electron chi connectivity index (χ4n) is 3.76. The largest absolute Gasteiger partial charge is 0.345 e. The highest BCUT2D eigenvalue weighted by Gasteiger charge is 2.57. The molecule has 104 valence electrons. The topological polar surface area (TPSA) is 32.3 Å². The average Bonchev–Trinajstić information content (AvgIpc) is 2.89. The SMILES string of the molecule is C[Si]1(C)CC[Si](C)(C)N1[C@@H]1C(=O)N[C@@H]1c1cccs1. The molecule has 0 saturated carbocycles. The van der Waals surface area contributed by atoms with Gasteiger partial charge in [0.05, 0.1) is 6.04 Å². The van der Waals surface area contributed by atoms with E-state index in [1.165, 1.54) is 17.0 Å². The van der Waals surface area contributed by atoms with Crippen LogP contribution in [-0.2, 0) is 4.79 Å². The Kier molecular flexibility index (Phi) is 3.05. The first-order valence-corrected chi connectivity index (χ1v) is 14.1. The molecule has 6 heteroatoms. The third-order valence-electron chi connectivity index (χ3n) is 4.66. The summed E-state index contributed by atoms with van der Waals surface area (Å²) in [4.78, 5) is 13.5. The highest BCUT2D eigenvalue weighted by Crippen LogP contribution is 2.44. The summed E-state index contributed by atoms with van der Waals surface area (Å²) in [5.74, 6) is 0.251. The zero-order valence-corrected chi connectivity index (χ0v) is 14.9. The molecular weight excluding hydrogens is 288 g/mol. The highest BCUT2D eigenvalue weighted by molar-refractivity contribution is 7.10. The molecule has 3 rings (SSSR count). The second-order valence-electron chi connectivity index (χ2n) is 6.94. The molecule has 2 aliphatic rings. The number of rotatable bonds is 2. The number of nitrogens with zero attached hydrogens (tertiary/aromatic N) is 1. The van der Waals surface area contributed by atoms with E-state index in [-0.39, 0.29) is 18.0 Å². The van der Waals surface area contributed by atoms with Crippen LogP contribution in [0.1, 0.15) is 10.9 Å². The Bertz CT molecular complexity index is 485. The smallest absolute Gasteiger partial charge is 0.239 e. The number of hydrogen-bond acceptors (Lipinski definition) is 3. The van der Waals surface area contributed by atoms with E-state index in [0.717, 1.165) is 0 Å². The minimum Gasteiger partial charge on any atom is -0.345 e. The molecule has 1 aromatic heterocycles. The van der Waals surface area contributed by atoms with Gasteiger partial charge < -0.3 is 9.55 Å². The van der Waals surface area contributed by atoms with Crippen molar-refractivity contribution in [1.82, 2.24) is 9.55 Å². The van der Waals surface area contributed by atoms with Gasteiger partial charge in [0.15, 0.2) is 0 Å². The van der Waals surface area contributed by atoms with Gasteiger partial charge in [-0.05, 0) is 23.5 Å². The first-order chi connectivity index (χ1) is 8.83. The summed E-state index contributed by atoms with van der Waals surface area (Å²) >= 11 is 1.76. The third-order valence-corrected chi connectivity index (χ3v) is 15.9. The maximum Gasteiger partial charge on any atom is 0.239 e. The summed E-state index contributed by atoms with van der Waals surface area (Å²) in [7, 11) is -2.79. The van der Waals surface area contributed by atoms with E-state index in [2.05, 4.69) is 53.2 Å². The van der Waals surface area contributed by atoms with Gasteiger partial charge in [-0.25, -0.2) is 0 Å². The molecule has 3 heterocycles. The van der Waals surface area contributed by atoms with Crippen LogP contribution in [0.3, 0.4) is 0 Å². The minimum atomic E-state index is -1.40. The molecule has 0 aliphatic carbocycles. The predicted octanol–water partition coefficient (Wildman–Crippen LogP) is 3.01. The summed E-state index contributed by atoms with van der Waals surface area (Å²) in [6, 6.07) is 7.30. The molecule has 2 atom stereocenters. The molecule has 1 amide bonds. The summed E-state index contributed by atoms with van der Waals surface area (Å²) in [6.45, 7) is 9.75. The molecule has 0 bridgehead atoms. The number of carbonyl (C=O) groups is 1. The molecule has 1 aromatic rings. The van der Waals surface area contributed by atoms with Crippen molar-refractivity contribution < 1.29 is 4.79 Å². The standard InChI is InChI=1S/C13H22N2OSSi2/c1-18(2)8-9-19(3,4)15(18)12-11(14-13(12)16)10-6-5-7-17-10/h5-7,11-12H,8-9H2,1-4H3,(H,14,16)/t11-,12+/m1/s1. The Morgan fingerprint density at radius 3 is 2.37 bits per heavy atom. The zero-order valence-electron chi connectivity index (χ0n) is 12.1. The van der Waals surface area contributed by atoms with Crippen LogP contribution in [0.15, 0.2) is 17.5 Å². The molecule has 0 radical (unpaired) electrons. The Morgan fingerprint density at radius 2 is 1.89 bits per heavy atom. The molecule has 2 aliphatic heterocycles. The van der Waals surface area contributed by atoms with E-state index in [1.54, 1.807) is 11.3 Å². The lowest BCUT2D eigenvalue weighted by atomic mass is 9.99. The molecule has 0 aromatic carbocycles. The lowest BCUT2D eigenvalue weighted by Crippen LogP contribution is -2.72. The predicted molar refractivity (Wildman–Crippen MR) is 85.4 cm³/mol. The lowest BCUT2D eigenvalue weighted by Gasteiger charge is -2.51. The van der Waals surface area contributed by atoms with Crippen LogP contribution in [0.5, 0.6) is 0 Å². The van der Waals surface area contributed by atoms with Crippen molar-refractivity contribution in [2.24, 2.45) is 0 Å². The fourth-order valence-corrected chi connectivity index (χ4v) is 19.2. The second kappa shape index (κ2) is 4.28. The quantitative estimate of drug-likeness (QED) is 0.673. The van der Waals surface area contributed by atoms with E-state index >= 15 is 0 Å². The van der Waals surface area contributed by atoms with E-state index in [9.17, 15) is 4.79 Å². The Labute approximate surface area is 121 Å². The maximum atomic E-state index is 12.2. The Balaban J connectivity index is 1.93. The molecule has 3 nitrogen and oxygen atoms in total. The van der Waals surface area contributed by atoms with Crippen LogP contribution in [0.2, 0.25) is 38.3 Å². The number of nitrogens with one attached hydrogen (secondary N) is 1. The van der Waals surface area contributed by atoms with Crippen LogP contribution in [-0.4, -0.2) is 32.7 Å². The van der Waals surface area contributed by atoms with Crippen LogP contribution >= 0.6 is 11.3 Å². The van der Waals surface area contributed by atoms with Gasteiger partial charge in [-0.15, -0.1) is 11.3 Å². The third kappa shape index (κ3) is 2.05. The molecule has 1 N–H and O–H groups in total. The molecule has 0 spiro atoms. The van der Waals surface area contributed by atoms with Crippen LogP contribution in [0.4, 0.5) is 0 Å². The van der Waals surface area contributed by atoms with Crippen molar-refractivity contribution in [2.75, 3.05) is 0 Å². The molecular formula is C13H22N2OSSi2. The highest BCUT2D eigenvalue weighted by atomic mass is 32.1. The summed E-state index contributed by atoms with van der Waals surface area (Å²) in [6.07, 6.45) is 0.